The smallest absolute Gasteiger partial charge is 0.322 e. The molecule has 0 spiro atoms. The highest BCUT2D eigenvalue weighted by Gasteiger charge is 2.27. The Morgan fingerprint density at radius 2 is 1.74 bits per heavy atom. The molecular weight excluding hydrogens is 400 g/mol. The molecule has 7 heteroatoms. The fourth-order valence-electron chi connectivity index (χ4n) is 3.58. The summed E-state index contributed by atoms with van der Waals surface area (Å²) in [5.41, 5.74) is 1.73. The van der Waals surface area contributed by atoms with Gasteiger partial charge in [0, 0.05) is 35.6 Å². The van der Waals surface area contributed by atoms with Crippen molar-refractivity contribution < 1.29 is 18.4 Å². The summed E-state index contributed by atoms with van der Waals surface area (Å²) in [4.78, 5) is 28.8. The van der Waals surface area contributed by atoms with Crippen molar-refractivity contribution in [3.8, 4) is 0 Å². The van der Waals surface area contributed by atoms with E-state index in [0.717, 1.165) is 6.42 Å². The minimum atomic E-state index is -0.444. The molecular formula is C24H21F2N3O2. The zero-order chi connectivity index (χ0) is 21.8. The van der Waals surface area contributed by atoms with Crippen LogP contribution >= 0.6 is 0 Å². The number of rotatable bonds is 5. The first-order chi connectivity index (χ1) is 15.0. The van der Waals surface area contributed by atoms with Crippen LogP contribution in [0.5, 0.6) is 0 Å². The van der Waals surface area contributed by atoms with Crippen LogP contribution in [0.25, 0.3) is 0 Å². The Bertz CT molecular complexity index is 1120. The van der Waals surface area contributed by atoms with Gasteiger partial charge in [-0.05, 0) is 48.9 Å². The van der Waals surface area contributed by atoms with Crippen molar-refractivity contribution in [2.45, 2.75) is 13.0 Å². The number of halogens is 2. The summed E-state index contributed by atoms with van der Waals surface area (Å²) in [5, 5.41) is 2.65. The standard InChI is InChI=1S/C24H21F2N3O2/c25-19-8-4-9-20(15-19)27-23(30)17-7-3-10-21(14-17)29-13-5-12-28(24(29)31)16-18-6-1-2-11-22(18)26/h1-4,6-11,14-15H,5,12-13,16H2,(H,27,30). The number of carbonyl (C=O) groups excluding carboxylic acids is 2. The minimum Gasteiger partial charge on any atom is -0.322 e. The van der Waals surface area contributed by atoms with Crippen LogP contribution in [-0.2, 0) is 6.54 Å². The molecule has 0 radical (unpaired) electrons. The lowest BCUT2D eigenvalue weighted by atomic mass is 10.1. The van der Waals surface area contributed by atoms with E-state index < -0.39 is 11.7 Å². The van der Waals surface area contributed by atoms with Gasteiger partial charge in [0.05, 0.1) is 6.54 Å². The molecule has 3 amide bonds. The van der Waals surface area contributed by atoms with Crippen molar-refractivity contribution in [2.75, 3.05) is 23.3 Å². The molecule has 1 saturated heterocycles. The van der Waals surface area contributed by atoms with Gasteiger partial charge in [0.2, 0.25) is 0 Å². The number of nitrogens with zero attached hydrogens (tertiary/aromatic N) is 2. The van der Waals surface area contributed by atoms with Crippen LogP contribution < -0.4 is 10.2 Å². The predicted molar refractivity (Wildman–Crippen MR) is 115 cm³/mol. The second kappa shape index (κ2) is 8.95. The van der Waals surface area contributed by atoms with Crippen LogP contribution in [0.3, 0.4) is 0 Å². The Kier molecular flexibility index (Phi) is 5.93. The van der Waals surface area contributed by atoms with Crippen molar-refractivity contribution in [3.05, 3.63) is 95.6 Å². The van der Waals surface area contributed by atoms with Gasteiger partial charge in [-0.3, -0.25) is 9.69 Å². The van der Waals surface area contributed by atoms with E-state index in [-0.39, 0.29) is 18.4 Å². The van der Waals surface area contributed by atoms with Gasteiger partial charge >= 0.3 is 6.03 Å². The Morgan fingerprint density at radius 3 is 2.55 bits per heavy atom. The van der Waals surface area contributed by atoms with E-state index in [0.29, 0.717) is 35.6 Å². The molecule has 3 aromatic carbocycles. The number of urea groups is 1. The maximum atomic E-state index is 14.0. The quantitative estimate of drug-likeness (QED) is 0.627. The molecule has 0 saturated carbocycles. The van der Waals surface area contributed by atoms with Crippen LogP contribution in [0.4, 0.5) is 25.0 Å². The number of anilines is 2. The molecule has 31 heavy (non-hydrogen) atoms. The Morgan fingerprint density at radius 1 is 0.935 bits per heavy atom. The highest BCUT2D eigenvalue weighted by atomic mass is 19.1. The maximum absolute atomic E-state index is 14.0. The first-order valence-electron chi connectivity index (χ1n) is 9.98. The monoisotopic (exact) mass is 421 g/mol. The number of benzene rings is 3. The molecule has 1 aliphatic rings. The lowest BCUT2D eigenvalue weighted by molar-refractivity contribution is 0.102. The molecule has 0 aromatic heterocycles. The van der Waals surface area contributed by atoms with Gasteiger partial charge < -0.3 is 10.2 Å². The molecule has 3 aromatic rings. The number of amides is 3. The lowest BCUT2D eigenvalue weighted by Crippen LogP contribution is -2.49. The van der Waals surface area contributed by atoms with Crippen molar-refractivity contribution in [3.63, 3.8) is 0 Å². The predicted octanol–water partition coefficient (Wildman–Crippen LogP) is 5.05. The SMILES string of the molecule is O=C(Nc1cccc(F)c1)c1cccc(N2CCCN(Cc3ccccc3F)C2=O)c1. The summed E-state index contributed by atoms with van der Waals surface area (Å²) >= 11 is 0. The van der Waals surface area contributed by atoms with Crippen molar-refractivity contribution >= 4 is 23.3 Å². The molecule has 0 atom stereocenters. The second-order valence-electron chi connectivity index (χ2n) is 7.32. The van der Waals surface area contributed by atoms with Crippen molar-refractivity contribution in [1.29, 1.82) is 0 Å². The summed E-state index contributed by atoms with van der Waals surface area (Å²) in [7, 11) is 0. The van der Waals surface area contributed by atoms with Gasteiger partial charge in [-0.1, -0.05) is 30.3 Å². The normalized spacial score (nSPS) is 13.9. The number of hydrogen-bond donors (Lipinski definition) is 1. The van der Waals surface area contributed by atoms with Gasteiger partial charge in [-0.15, -0.1) is 0 Å². The average Bonchev–Trinajstić information content (AvgIpc) is 2.77. The van der Waals surface area contributed by atoms with E-state index >= 15 is 0 Å². The summed E-state index contributed by atoms with van der Waals surface area (Å²) in [6.45, 7) is 1.22. The molecule has 1 aliphatic heterocycles. The molecule has 1 N–H and O–H groups in total. The van der Waals surface area contributed by atoms with Gasteiger partial charge in [-0.2, -0.15) is 0 Å². The third-order valence-electron chi connectivity index (χ3n) is 5.13. The molecule has 0 unspecified atom stereocenters. The Labute approximate surface area is 178 Å². The first-order valence-corrected chi connectivity index (χ1v) is 9.98. The molecule has 0 aliphatic carbocycles. The third kappa shape index (κ3) is 4.71. The van der Waals surface area contributed by atoms with Crippen LogP contribution in [0, 0.1) is 11.6 Å². The molecule has 0 bridgehead atoms. The fraction of sp³-hybridized carbons (Fsp3) is 0.167. The molecule has 5 nitrogen and oxygen atoms in total. The van der Waals surface area contributed by atoms with Gasteiger partial charge in [0.15, 0.2) is 0 Å². The maximum Gasteiger partial charge on any atom is 0.324 e. The van der Waals surface area contributed by atoms with E-state index in [1.165, 1.54) is 24.3 Å². The van der Waals surface area contributed by atoms with Gasteiger partial charge in [0.1, 0.15) is 11.6 Å². The van der Waals surface area contributed by atoms with Crippen LogP contribution in [0.2, 0.25) is 0 Å². The molecule has 158 valence electrons. The van der Waals surface area contributed by atoms with E-state index in [4.69, 9.17) is 0 Å². The summed E-state index contributed by atoms with van der Waals surface area (Å²) in [5.74, 6) is -1.19. The van der Waals surface area contributed by atoms with Crippen LogP contribution in [-0.4, -0.2) is 29.9 Å². The van der Waals surface area contributed by atoms with Crippen LogP contribution in [0.15, 0.2) is 72.8 Å². The number of carbonyl (C=O) groups is 2. The largest absolute Gasteiger partial charge is 0.324 e. The molecule has 4 rings (SSSR count). The average molecular weight is 421 g/mol. The van der Waals surface area contributed by atoms with Gasteiger partial charge in [-0.25, -0.2) is 13.6 Å². The zero-order valence-corrected chi connectivity index (χ0v) is 16.7. The second-order valence-corrected chi connectivity index (χ2v) is 7.32. The Hall–Kier alpha value is -3.74. The summed E-state index contributed by atoms with van der Waals surface area (Å²) < 4.78 is 27.4. The van der Waals surface area contributed by atoms with E-state index in [1.807, 2.05) is 0 Å². The highest BCUT2D eigenvalue weighted by molar-refractivity contribution is 6.05. The topological polar surface area (TPSA) is 52.7 Å². The first kappa shape index (κ1) is 20.5. The highest BCUT2D eigenvalue weighted by Crippen LogP contribution is 2.23. The van der Waals surface area contributed by atoms with Crippen molar-refractivity contribution in [2.24, 2.45) is 0 Å². The summed E-state index contributed by atoms with van der Waals surface area (Å²) in [6.07, 6.45) is 0.722. The Balaban J connectivity index is 1.50. The van der Waals surface area contributed by atoms with E-state index in [1.54, 1.807) is 58.3 Å². The fourth-order valence-corrected chi connectivity index (χ4v) is 3.58. The van der Waals surface area contributed by atoms with Gasteiger partial charge in [0.25, 0.3) is 5.91 Å². The number of hydrogen-bond acceptors (Lipinski definition) is 2. The van der Waals surface area contributed by atoms with E-state index in [9.17, 15) is 18.4 Å². The van der Waals surface area contributed by atoms with E-state index in [2.05, 4.69) is 5.32 Å². The summed E-state index contributed by atoms with van der Waals surface area (Å²) in [6, 6.07) is 18.5. The van der Waals surface area contributed by atoms with Crippen molar-refractivity contribution in [1.82, 2.24) is 4.90 Å². The third-order valence-corrected chi connectivity index (χ3v) is 5.13. The van der Waals surface area contributed by atoms with Crippen LogP contribution in [0.1, 0.15) is 22.3 Å². The minimum absolute atomic E-state index is 0.182. The molecule has 1 fully saturated rings. The lowest BCUT2D eigenvalue weighted by Gasteiger charge is -2.36. The number of nitrogens with one attached hydrogen (secondary N) is 1. The molecule has 1 heterocycles. The zero-order valence-electron chi connectivity index (χ0n) is 16.7.